The fourth-order valence-electron chi connectivity index (χ4n) is 1.65. The molecule has 0 saturated carbocycles. The monoisotopic (exact) mass is 241 g/mol. The first kappa shape index (κ1) is 12.1. The highest BCUT2D eigenvalue weighted by molar-refractivity contribution is 5.76. The lowest BCUT2D eigenvalue weighted by Gasteiger charge is -2.03. The van der Waals surface area contributed by atoms with Gasteiger partial charge in [-0.05, 0) is 43.7 Å². The van der Waals surface area contributed by atoms with Crippen LogP contribution >= 0.6 is 0 Å². The molecule has 1 heterocycles. The predicted octanol–water partition coefficient (Wildman–Crippen LogP) is 3.23. The number of hydrogen-bond acceptors (Lipinski definition) is 3. The number of aliphatic hydroxyl groups is 1. The Morgan fingerprint density at radius 3 is 2.72 bits per heavy atom. The van der Waals surface area contributed by atoms with Crippen molar-refractivity contribution >= 4 is 16.7 Å². The van der Waals surface area contributed by atoms with Gasteiger partial charge in [-0.25, -0.2) is 0 Å². The summed E-state index contributed by atoms with van der Waals surface area (Å²) < 4.78 is 0. The molecule has 0 amide bonds. The standard InChI is InChI=1S/C14H15N3O/c1-4-6-13(14(18)5-2)17-15-11-8-7-10(3)9-12(11)16-17/h4-9,18H,1H2,2-3H3/b13-6+,14-5+. The third-order valence-corrected chi connectivity index (χ3v) is 2.56. The van der Waals surface area contributed by atoms with Gasteiger partial charge < -0.3 is 5.11 Å². The zero-order chi connectivity index (χ0) is 13.1. The van der Waals surface area contributed by atoms with E-state index >= 15 is 0 Å². The molecule has 4 nitrogen and oxygen atoms in total. The lowest BCUT2D eigenvalue weighted by molar-refractivity contribution is 0.427. The maximum Gasteiger partial charge on any atom is 0.138 e. The molecule has 18 heavy (non-hydrogen) atoms. The van der Waals surface area contributed by atoms with Crippen molar-refractivity contribution in [2.24, 2.45) is 0 Å². The van der Waals surface area contributed by atoms with Gasteiger partial charge in [0.25, 0.3) is 0 Å². The molecule has 1 aromatic heterocycles. The molecule has 0 radical (unpaired) electrons. The molecule has 0 saturated heterocycles. The summed E-state index contributed by atoms with van der Waals surface area (Å²) in [4.78, 5) is 1.42. The Balaban J connectivity index is 2.58. The van der Waals surface area contributed by atoms with Crippen LogP contribution in [-0.2, 0) is 0 Å². The summed E-state index contributed by atoms with van der Waals surface area (Å²) in [6, 6.07) is 5.84. The van der Waals surface area contributed by atoms with Crippen molar-refractivity contribution in [3.8, 4) is 0 Å². The molecule has 0 aliphatic rings. The van der Waals surface area contributed by atoms with Crippen LogP contribution in [0.15, 0.2) is 48.8 Å². The Labute approximate surface area is 106 Å². The first-order valence-electron chi connectivity index (χ1n) is 5.68. The molecule has 0 bridgehead atoms. The van der Waals surface area contributed by atoms with Crippen LogP contribution in [0.2, 0.25) is 0 Å². The Morgan fingerprint density at radius 1 is 1.33 bits per heavy atom. The number of nitrogens with zero attached hydrogens (tertiary/aromatic N) is 3. The summed E-state index contributed by atoms with van der Waals surface area (Å²) >= 11 is 0. The van der Waals surface area contributed by atoms with E-state index in [0.717, 1.165) is 16.6 Å². The smallest absolute Gasteiger partial charge is 0.138 e. The third kappa shape index (κ3) is 2.18. The van der Waals surface area contributed by atoms with E-state index in [1.807, 2.05) is 25.1 Å². The normalized spacial score (nSPS) is 13.0. The molecular weight excluding hydrogens is 226 g/mol. The fraction of sp³-hybridized carbons (Fsp3) is 0.143. The van der Waals surface area contributed by atoms with Gasteiger partial charge in [0.15, 0.2) is 0 Å². The van der Waals surface area contributed by atoms with Gasteiger partial charge in [-0.15, -0.1) is 15.0 Å². The van der Waals surface area contributed by atoms with Gasteiger partial charge in [-0.1, -0.05) is 18.7 Å². The summed E-state index contributed by atoms with van der Waals surface area (Å²) in [5.74, 6) is 0.118. The second kappa shape index (κ2) is 4.87. The van der Waals surface area contributed by atoms with Crippen LogP contribution < -0.4 is 0 Å². The molecule has 0 atom stereocenters. The second-order valence-corrected chi connectivity index (χ2v) is 3.94. The average molecular weight is 241 g/mol. The van der Waals surface area contributed by atoms with Gasteiger partial charge in [0.1, 0.15) is 22.5 Å². The maximum atomic E-state index is 9.83. The Hall–Kier alpha value is -2.36. The van der Waals surface area contributed by atoms with Gasteiger partial charge in [0, 0.05) is 0 Å². The van der Waals surface area contributed by atoms with E-state index in [-0.39, 0.29) is 5.76 Å². The molecule has 0 unspecified atom stereocenters. The van der Waals surface area contributed by atoms with E-state index in [0.29, 0.717) is 5.70 Å². The maximum absolute atomic E-state index is 9.83. The first-order chi connectivity index (χ1) is 8.65. The molecule has 0 aliphatic carbocycles. The van der Waals surface area contributed by atoms with Crippen LogP contribution in [0.3, 0.4) is 0 Å². The van der Waals surface area contributed by atoms with E-state index < -0.39 is 0 Å². The minimum Gasteiger partial charge on any atom is -0.506 e. The summed E-state index contributed by atoms with van der Waals surface area (Å²) in [5.41, 5.74) is 3.22. The highest BCUT2D eigenvalue weighted by atomic mass is 16.3. The number of rotatable bonds is 3. The van der Waals surface area contributed by atoms with E-state index in [1.54, 1.807) is 25.2 Å². The van der Waals surface area contributed by atoms with Crippen molar-refractivity contribution in [1.82, 2.24) is 15.0 Å². The van der Waals surface area contributed by atoms with E-state index in [2.05, 4.69) is 16.8 Å². The van der Waals surface area contributed by atoms with Crippen molar-refractivity contribution in [3.05, 3.63) is 54.3 Å². The second-order valence-electron chi connectivity index (χ2n) is 3.94. The topological polar surface area (TPSA) is 50.9 Å². The Morgan fingerprint density at radius 2 is 2.06 bits per heavy atom. The zero-order valence-electron chi connectivity index (χ0n) is 10.5. The summed E-state index contributed by atoms with van der Waals surface area (Å²) in [5, 5.41) is 18.5. The van der Waals surface area contributed by atoms with E-state index in [9.17, 15) is 5.11 Å². The molecule has 0 spiro atoms. The average Bonchev–Trinajstić information content (AvgIpc) is 2.77. The number of aliphatic hydroxyl groups excluding tert-OH is 1. The lowest BCUT2D eigenvalue weighted by Crippen LogP contribution is -2.03. The van der Waals surface area contributed by atoms with Crippen molar-refractivity contribution < 1.29 is 5.11 Å². The van der Waals surface area contributed by atoms with Crippen LogP contribution in [0.25, 0.3) is 16.7 Å². The van der Waals surface area contributed by atoms with Crippen LogP contribution in [0.1, 0.15) is 12.5 Å². The molecule has 4 heteroatoms. The van der Waals surface area contributed by atoms with Gasteiger partial charge >= 0.3 is 0 Å². The zero-order valence-corrected chi connectivity index (χ0v) is 10.5. The Kier molecular flexibility index (Phi) is 3.28. The highest BCUT2D eigenvalue weighted by Crippen LogP contribution is 2.16. The summed E-state index contributed by atoms with van der Waals surface area (Å²) in [6.07, 6.45) is 4.85. The number of aromatic nitrogens is 3. The van der Waals surface area contributed by atoms with Crippen molar-refractivity contribution in [1.29, 1.82) is 0 Å². The molecule has 1 N–H and O–H groups in total. The van der Waals surface area contributed by atoms with E-state index in [4.69, 9.17) is 0 Å². The van der Waals surface area contributed by atoms with Crippen molar-refractivity contribution in [2.45, 2.75) is 13.8 Å². The third-order valence-electron chi connectivity index (χ3n) is 2.56. The minimum atomic E-state index is 0.118. The number of benzene rings is 1. The molecule has 0 fully saturated rings. The predicted molar refractivity (Wildman–Crippen MR) is 73.1 cm³/mol. The number of allylic oxidation sites excluding steroid dienone is 4. The molecule has 92 valence electrons. The quantitative estimate of drug-likeness (QED) is 0.663. The lowest BCUT2D eigenvalue weighted by atomic mass is 10.2. The van der Waals surface area contributed by atoms with Gasteiger partial charge in [-0.2, -0.15) is 0 Å². The summed E-state index contributed by atoms with van der Waals surface area (Å²) in [7, 11) is 0. The number of aryl methyl sites for hydroxylation is 1. The molecular formula is C14H15N3O. The van der Waals surface area contributed by atoms with E-state index in [1.165, 1.54) is 4.80 Å². The van der Waals surface area contributed by atoms with Crippen LogP contribution in [-0.4, -0.2) is 20.1 Å². The van der Waals surface area contributed by atoms with Gasteiger partial charge in [0.05, 0.1) is 0 Å². The molecule has 0 aliphatic heterocycles. The molecule has 2 aromatic rings. The van der Waals surface area contributed by atoms with Gasteiger partial charge in [-0.3, -0.25) is 0 Å². The van der Waals surface area contributed by atoms with Crippen molar-refractivity contribution in [3.63, 3.8) is 0 Å². The largest absolute Gasteiger partial charge is 0.506 e. The Bertz CT molecular complexity index is 650. The van der Waals surface area contributed by atoms with Crippen LogP contribution in [0, 0.1) is 6.92 Å². The highest BCUT2D eigenvalue weighted by Gasteiger charge is 2.09. The summed E-state index contributed by atoms with van der Waals surface area (Å²) in [6.45, 7) is 7.38. The molecule has 1 aromatic carbocycles. The fourth-order valence-corrected chi connectivity index (χ4v) is 1.65. The van der Waals surface area contributed by atoms with Crippen LogP contribution in [0.5, 0.6) is 0 Å². The van der Waals surface area contributed by atoms with Gasteiger partial charge in [0.2, 0.25) is 0 Å². The number of fused-ring (bicyclic) bond motifs is 1. The van der Waals surface area contributed by atoms with Crippen LogP contribution in [0.4, 0.5) is 0 Å². The first-order valence-corrected chi connectivity index (χ1v) is 5.68. The molecule has 2 rings (SSSR count). The SMILES string of the molecule is C=C/C=C(\C(O)=C/C)n1nc2ccc(C)cc2n1. The number of hydrogen-bond donors (Lipinski definition) is 1. The minimum absolute atomic E-state index is 0.118. The van der Waals surface area contributed by atoms with Crippen molar-refractivity contribution in [2.75, 3.05) is 0 Å².